The van der Waals surface area contributed by atoms with E-state index in [9.17, 15) is 9.18 Å². The number of carbonyl (C=O) groups is 1. The van der Waals surface area contributed by atoms with Crippen molar-refractivity contribution in [1.29, 1.82) is 5.26 Å². The number of hydrogen-bond donors (Lipinski definition) is 0. The van der Waals surface area contributed by atoms with Crippen LogP contribution >= 0.6 is 0 Å². The van der Waals surface area contributed by atoms with Crippen molar-refractivity contribution in [3.05, 3.63) is 29.3 Å². The Morgan fingerprint density at radius 3 is 3.05 bits per heavy atom. The third-order valence-electron chi connectivity index (χ3n) is 4.08. The molecule has 0 bridgehead atoms. The second-order valence-electron chi connectivity index (χ2n) is 5.22. The number of nitriles is 1. The number of halogens is 1. The Labute approximate surface area is 110 Å². The molecule has 5 heteroatoms. The van der Waals surface area contributed by atoms with Crippen LogP contribution in [-0.4, -0.2) is 28.4 Å². The fourth-order valence-corrected chi connectivity index (χ4v) is 3.03. The highest BCUT2D eigenvalue weighted by atomic mass is 19.1. The van der Waals surface area contributed by atoms with Crippen LogP contribution in [0.1, 0.15) is 35.2 Å². The number of rotatable bonds is 0. The summed E-state index contributed by atoms with van der Waals surface area (Å²) in [6, 6.07) is 3.77. The number of carbonyl (C=O) groups excluding carboxylic acids is 1. The van der Waals surface area contributed by atoms with E-state index in [4.69, 9.17) is 5.26 Å². The zero-order valence-corrected chi connectivity index (χ0v) is 10.5. The zero-order chi connectivity index (χ0) is 13.4. The summed E-state index contributed by atoms with van der Waals surface area (Å²) in [5.74, 6) is -0.735. The van der Waals surface area contributed by atoms with Crippen LogP contribution in [0.5, 0.6) is 0 Å². The van der Waals surface area contributed by atoms with Gasteiger partial charge in [-0.1, -0.05) is 0 Å². The van der Waals surface area contributed by atoms with E-state index in [2.05, 4.69) is 11.1 Å². The molecule has 19 heavy (non-hydrogen) atoms. The lowest BCUT2D eigenvalue weighted by molar-refractivity contribution is 0.0574. The van der Waals surface area contributed by atoms with E-state index < -0.39 is 5.95 Å². The molecular formula is C14H14FN3O. The number of amides is 1. The molecule has 4 nitrogen and oxygen atoms in total. The zero-order valence-electron chi connectivity index (χ0n) is 10.5. The van der Waals surface area contributed by atoms with E-state index >= 15 is 0 Å². The molecule has 0 radical (unpaired) electrons. The molecule has 2 aliphatic heterocycles. The van der Waals surface area contributed by atoms with Crippen LogP contribution in [0.2, 0.25) is 0 Å². The lowest BCUT2D eigenvalue weighted by atomic mass is 9.92. The number of aromatic nitrogens is 1. The third kappa shape index (κ3) is 2.07. The minimum absolute atomic E-state index is 0.0878. The van der Waals surface area contributed by atoms with Gasteiger partial charge in [-0.05, 0) is 37.3 Å². The molecule has 0 unspecified atom stereocenters. The molecule has 0 spiro atoms. The Morgan fingerprint density at radius 1 is 1.42 bits per heavy atom. The largest absolute Gasteiger partial charge is 0.334 e. The number of fused-ring (bicyclic) bond motifs is 2. The molecule has 3 heterocycles. The predicted molar refractivity (Wildman–Crippen MR) is 65.7 cm³/mol. The molecule has 1 saturated heterocycles. The van der Waals surface area contributed by atoms with Crippen molar-refractivity contribution >= 4 is 5.91 Å². The van der Waals surface area contributed by atoms with Gasteiger partial charge < -0.3 is 4.90 Å². The summed E-state index contributed by atoms with van der Waals surface area (Å²) in [6.07, 6.45) is 4.55. The van der Waals surface area contributed by atoms with E-state index in [1.54, 1.807) is 4.90 Å². The van der Waals surface area contributed by atoms with E-state index in [1.165, 1.54) is 12.3 Å². The van der Waals surface area contributed by atoms with Crippen LogP contribution < -0.4 is 0 Å². The van der Waals surface area contributed by atoms with Gasteiger partial charge in [-0.25, -0.2) is 4.98 Å². The molecule has 3 rings (SSSR count). The van der Waals surface area contributed by atoms with Gasteiger partial charge in [0.15, 0.2) is 0 Å². The summed E-state index contributed by atoms with van der Waals surface area (Å²) in [6.45, 7) is 0.483. The van der Waals surface area contributed by atoms with Gasteiger partial charge in [-0.2, -0.15) is 9.65 Å². The molecule has 1 aromatic rings. The maximum Gasteiger partial charge on any atom is 0.255 e. The maximum absolute atomic E-state index is 13.2. The molecule has 0 aromatic carbocycles. The van der Waals surface area contributed by atoms with E-state index in [-0.39, 0.29) is 17.9 Å². The SMILES string of the molecule is N#C[C@H]1CC[C@@H]2CCc3cc(F)ncc3C(=O)N2C1. The minimum atomic E-state index is -0.540. The first-order valence-electron chi connectivity index (χ1n) is 6.54. The van der Waals surface area contributed by atoms with Crippen molar-refractivity contribution in [1.82, 2.24) is 9.88 Å². The van der Waals surface area contributed by atoms with Crippen molar-refractivity contribution < 1.29 is 9.18 Å². The van der Waals surface area contributed by atoms with Gasteiger partial charge >= 0.3 is 0 Å². The van der Waals surface area contributed by atoms with Gasteiger partial charge in [-0.3, -0.25) is 4.79 Å². The van der Waals surface area contributed by atoms with Gasteiger partial charge in [-0.15, -0.1) is 0 Å². The molecule has 0 aliphatic carbocycles. The van der Waals surface area contributed by atoms with Crippen molar-refractivity contribution in [3.63, 3.8) is 0 Å². The van der Waals surface area contributed by atoms with E-state index in [0.29, 0.717) is 18.5 Å². The summed E-state index contributed by atoms with van der Waals surface area (Å²) >= 11 is 0. The number of nitrogens with zero attached hydrogens (tertiary/aromatic N) is 3. The highest BCUT2D eigenvalue weighted by Crippen LogP contribution is 2.30. The van der Waals surface area contributed by atoms with Crippen LogP contribution in [0.4, 0.5) is 4.39 Å². The van der Waals surface area contributed by atoms with Crippen LogP contribution in [0, 0.1) is 23.2 Å². The Hall–Kier alpha value is -1.96. The maximum atomic E-state index is 13.2. The summed E-state index contributed by atoms with van der Waals surface area (Å²) in [5.41, 5.74) is 1.22. The van der Waals surface area contributed by atoms with E-state index in [1.807, 2.05) is 0 Å². The lowest BCUT2D eigenvalue weighted by Gasteiger charge is -2.36. The van der Waals surface area contributed by atoms with E-state index in [0.717, 1.165) is 24.8 Å². The van der Waals surface area contributed by atoms with Crippen molar-refractivity contribution in [3.8, 4) is 6.07 Å². The molecular weight excluding hydrogens is 245 g/mol. The molecule has 1 aromatic heterocycles. The number of pyridine rings is 1. The Bertz CT molecular complexity index is 566. The van der Waals surface area contributed by atoms with Gasteiger partial charge in [0.2, 0.25) is 5.95 Å². The third-order valence-corrected chi connectivity index (χ3v) is 4.08. The topological polar surface area (TPSA) is 57.0 Å². The monoisotopic (exact) mass is 259 g/mol. The molecule has 98 valence electrons. The standard InChI is InChI=1S/C14H14FN3O/c15-13-5-10-2-4-11-3-1-9(6-16)8-18(11)14(19)12(10)7-17-13/h5,7,9,11H,1-4,8H2/t9-,11-/m1/s1. The fourth-order valence-electron chi connectivity index (χ4n) is 3.03. The highest BCUT2D eigenvalue weighted by molar-refractivity contribution is 5.96. The van der Waals surface area contributed by atoms with Crippen molar-refractivity contribution in [2.75, 3.05) is 6.54 Å². The minimum Gasteiger partial charge on any atom is -0.334 e. The summed E-state index contributed by atoms with van der Waals surface area (Å²) in [4.78, 5) is 17.9. The van der Waals surface area contributed by atoms with Crippen LogP contribution in [0.15, 0.2) is 12.3 Å². The smallest absolute Gasteiger partial charge is 0.255 e. The predicted octanol–water partition coefficient (Wildman–Crippen LogP) is 1.91. The summed E-state index contributed by atoms with van der Waals surface area (Å²) in [7, 11) is 0. The molecule has 1 fully saturated rings. The molecule has 2 aliphatic rings. The lowest BCUT2D eigenvalue weighted by Crippen LogP contribution is -2.45. The molecule has 0 saturated carbocycles. The van der Waals surface area contributed by atoms with Gasteiger partial charge in [0.1, 0.15) is 0 Å². The van der Waals surface area contributed by atoms with Crippen LogP contribution in [0.25, 0.3) is 0 Å². The fraction of sp³-hybridized carbons (Fsp3) is 0.500. The van der Waals surface area contributed by atoms with Gasteiger partial charge in [0.05, 0.1) is 17.6 Å². The van der Waals surface area contributed by atoms with Gasteiger partial charge in [0.25, 0.3) is 5.91 Å². The second kappa shape index (κ2) is 4.61. The second-order valence-corrected chi connectivity index (χ2v) is 5.22. The quantitative estimate of drug-likeness (QED) is 0.669. The Balaban J connectivity index is 1.96. The Kier molecular flexibility index (Phi) is 2.94. The first-order chi connectivity index (χ1) is 9.19. The average Bonchev–Trinajstić information content (AvgIpc) is 2.56. The summed E-state index contributed by atoms with van der Waals surface area (Å²) < 4.78 is 13.2. The number of piperidine rings is 1. The number of hydrogen-bond acceptors (Lipinski definition) is 3. The summed E-state index contributed by atoms with van der Waals surface area (Å²) in [5, 5.41) is 9.02. The van der Waals surface area contributed by atoms with Crippen molar-refractivity contribution in [2.24, 2.45) is 5.92 Å². The van der Waals surface area contributed by atoms with Crippen molar-refractivity contribution in [2.45, 2.75) is 31.7 Å². The van der Waals surface area contributed by atoms with Gasteiger partial charge in [0, 0.05) is 18.8 Å². The normalized spacial score (nSPS) is 26.1. The van der Waals surface area contributed by atoms with Crippen LogP contribution in [0.3, 0.4) is 0 Å². The first-order valence-corrected chi connectivity index (χ1v) is 6.54. The molecule has 2 atom stereocenters. The molecule has 0 N–H and O–H groups in total. The highest BCUT2D eigenvalue weighted by Gasteiger charge is 2.35. The Morgan fingerprint density at radius 2 is 2.26 bits per heavy atom. The first kappa shape index (κ1) is 12.1. The average molecular weight is 259 g/mol. The number of aryl methyl sites for hydroxylation is 1. The van der Waals surface area contributed by atoms with Crippen LogP contribution in [-0.2, 0) is 6.42 Å². The molecule has 1 amide bonds.